The number of nitrogens with zero attached hydrogens (tertiary/aromatic N) is 2. The minimum Gasteiger partial charge on any atom is -0.497 e. The van der Waals surface area contributed by atoms with Crippen molar-refractivity contribution in [2.75, 3.05) is 20.3 Å². The van der Waals surface area contributed by atoms with Gasteiger partial charge in [0.05, 0.1) is 30.8 Å². The number of fused-ring (bicyclic) bond motifs is 1. The molecule has 36 heavy (non-hydrogen) atoms. The lowest BCUT2D eigenvalue weighted by Gasteiger charge is -2.17. The molecule has 4 rings (SSSR count). The Balaban J connectivity index is 1.33. The Morgan fingerprint density at radius 2 is 1.61 bits per heavy atom. The average molecular weight is 508 g/mol. The number of methoxy groups -OCH3 is 1. The summed E-state index contributed by atoms with van der Waals surface area (Å²) in [6.45, 7) is 3.23. The number of ether oxygens (including phenoxy) is 3. The number of hydrogen-bond donors (Lipinski definition) is 1. The van der Waals surface area contributed by atoms with E-state index in [0.29, 0.717) is 17.4 Å². The maximum atomic E-state index is 12.5. The minimum atomic E-state index is -0.283. The predicted octanol–water partition coefficient (Wildman–Crippen LogP) is 5.81. The Hall–Kier alpha value is -3.71. The molecule has 1 N–H and O–H groups in total. The van der Waals surface area contributed by atoms with Crippen LogP contribution in [0.25, 0.3) is 11.0 Å². The van der Waals surface area contributed by atoms with Gasteiger partial charge in [0.15, 0.2) is 6.61 Å². The molecule has 0 aliphatic carbocycles. The molecule has 1 unspecified atom stereocenters. The highest BCUT2D eigenvalue weighted by Crippen LogP contribution is 2.22. The van der Waals surface area contributed by atoms with Crippen molar-refractivity contribution in [2.45, 2.75) is 32.4 Å². The minimum absolute atomic E-state index is 0.0884. The molecule has 0 aliphatic heterocycles. The standard InChI is InChI=1S/C28H30ClN3O4/c1-20(30-27(33)19-36-24-11-9-21(29)10-12-24)28-31-25-7-3-4-8-26(25)32(28)17-5-6-18-35-23-15-13-22(34-2)14-16-23/h3-4,7-16,20H,5-6,17-19H2,1-2H3,(H,30,33). The fourth-order valence-corrected chi connectivity index (χ4v) is 4.05. The first-order chi connectivity index (χ1) is 17.5. The van der Waals surface area contributed by atoms with Gasteiger partial charge >= 0.3 is 0 Å². The number of unbranched alkanes of at least 4 members (excludes halogenated alkanes) is 1. The number of nitrogens with one attached hydrogen (secondary N) is 1. The first kappa shape index (κ1) is 25.4. The zero-order valence-electron chi connectivity index (χ0n) is 20.4. The van der Waals surface area contributed by atoms with Crippen molar-refractivity contribution >= 4 is 28.5 Å². The number of carbonyl (C=O) groups is 1. The van der Waals surface area contributed by atoms with Crippen LogP contribution in [0.15, 0.2) is 72.8 Å². The lowest BCUT2D eigenvalue weighted by Crippen LogP contribution is -2.32. The van der Waals surface area contributed by atoms with Crippen molar-refractivity contribution in [3.8, 4) is 17.2 Å². The van der Waals surface area contributed by atoms with Gasteiger partial charge in [0.2, 0.25) is 0 Å². The summed E-state index contributed by atoms with van der Waals surface area (Å²) in [6, 6.07) is 22.2. The molecule has 0 bridgehead atoms. The number of benzene rings is 3. The fraction of sp³-hybridized carbons (Fsp3) is 0.286. The Morgan fingerprint density at radius 3 is 2.36 bits per heavy atom. The number of hydrogen-bond acceptors (Lipinski definition) is 5. The SMILES string of the molecule is COc1ccc(OCCCCn2c(C(C)NC(=O)COc3ccc(Cl)cc3)nc3ccccc32)cc1. The Morgan fingerprint density at radius 1 is 0.944 bits per heavy atom. The van der Waals surface area contributed by atoms with Gasteiger partial charge in [0.1, 0.15) is 23.1 Å². The van der Waals surface area contributed by atoms with E-state index in [0.717, 1.165) is 47.7 Å². The van der Waals surface area contributed by atoms with E-state index < -0.39 is 0 Å². The third-order valence-corrected chi connectivity index (χ3v) is 5.99. The summed E-state index contributed by atoms with van der Waals surface area (Å²) in [5.74, 6) is 2.81. The van der Waals surface area contributed by atoms with E-state index in [2.05, 4.69) is 16.0 Å². The number of amides is 1. The summed E-state index contributed by atoms with van der Waals surface area (Å²) in [7, 11) is 1.64. The van der Waals surface area contributed by atoms with Gasteiger partial charge in [-0.25, -0.2) is 4.98 Å². The molecule has 1 heterocycles. The predicted molar refractivity (Wildman–Crippen MR) is 141 cm³/mol. The second-order valence-corrected chi connectivity index (χ2v) is 8.81. The highest BCUT2D eigenvalue weighted by atomic mass is 35.5. The first-order valence-electron chi connectivity index (χ1n) is 11.9. The van der Waals surface area contributed by atoms with Gasteiger partial charge in [-0.3, -0.25) is 4.79 Å². The molecule has 3 aromatic carbocycles. The third-order valence-electron chi connectivity index (χ3n) is 5.74. The van der Waals surface area contributed by atoms with Crippen molar-refractivity contribution in [1.29, 1.82) is 0 Å². The number of para-hydroxylation sites is 2. The van der Waals surface area contributed by atoms with Crippen LogP contribution in [-0.4, -0.2) is 35.8 Å². The van der Waals surface area contributed by atoms with Crippen LogP contribution in [0.3, 0.4) is 0 Å². The highest BCUT2D eigenvalue weighted by molar-refractivity contribution is 6.30. The van der Waals surface area contributed by atoms with Gasteiger partial charge in [0, 0.05) is 11.6 Å². The van der Waals surface area contributed by atoms with E-state index in [1.165, 1.54) is 0 Å². The second kappa shape index (κ2) is 12.3. The van der Waals surface area contributed by atoms with E-state index in [4.69, 9.17) is 30.8 Å². The zero-order chi connectivity index (χ0) is 25.3. The van der Waals surface area contributed by atoms with E-state index in [1.807, 2.05) is 49.4 Å². The van der Waals surface area contributed by atoms with Crippen LogP contribution >= 0.6 is 11.6 Å². The molecule has 0 fully saturated rings. The van der Waals surface area contributed by atoms with Gasteiger partial charge < -0.3 is 24.1 Å². The molecule has 188 valence electrons. The molecular formula is C28H30ClN3O4. The molecule has 7 nitrogen and oxygen atoms in total. The van der Waals surface area contributed by atoms with Crippen molar-refractivity contribution in [3.05, 3.63) is 83.6 Å². The van der Waals surface area contributed by atoms with Crippen LogP contribution in [0.1, 0.15) is 31.6 Å². The third kappa shape index (κ3) is 6.70. The maximum Gasteiger partial charge on any atom is 0.258 e. The van der Waals surface area contributed by atoms with Crippen LogP contribution in [0.2, 0.25) is 5.02 Å². The van der Waals surface area contributed by atoms with Gasteiger partial charge in [0.25, 0.3) is 5.91 Å². The summed E-state index contributed by atoms with van der Waals surface area (Å²) < 4.78 is 18.8. The van der Waals surface area contributed by atoms with Crippen LogP contribution in [-0.2, 0) is 11.3 Å². The number of halogens is 1. The number of carbonyl (C=O) groups excluding carboxylic acids is 1. The monoisotopic (exact) mass is 507 g/mol. The normalized spacial score (nSPS) is 11.8. The molecule has 0 saturated carbocycles. The number of aromatic nitrogens is 2. The second-order valence-electron chi connectivity index (χ2n) is 8.37. The van der Waals surface area contributed by atoms with Gasteiger partial charge in [-0.2, -0.15) is 0 Å². The summed E-state index contributed by atoms with van der Waals surface area (Å²) in [5.41, 5.74) is 1.95. The molecule has 8 heteroatoms. The average Bonchev–Trinajstić information content (AvgIpc) is 3.27. The van der Waals surface area contributed by atoms with E-state index >= 15 is 0 Å². The first-order valence-corrected chi connectivity index (χ1v) is 12.3. The summed E-state index contributed by atoms with van der Waals surface area (Å²) in [4.78, 5) is 17.4. The van der Waals surface area contributed by atoms with Crippen molar-refractivity contribution in [2.24, 2.45) is 0 Å². The van der Waals surface area contributed by atoms with Gasteiger partial charge in [-0.1, -0.05) is 23.7 Å². The summed E-state index contributed by atoms with van der Waals surface area (Å²) in [5, 5.41) is 3.62. The molecule has 0 spiro atoms. The summed E-state index contributed by atoms with van der Waals surface area (Å²) in [6.07, 6.45) is 1.79. The number of imidazole rings is 1. The van der Waals surface area contributed by atoms with E-state index in [-0.39, 0.29) is 18.6 Å². The quantitative estimate of drug-likeness (QED) is 0.245. The lowest BCUT2D eigenvalue weighted by molar-refractivity contribution is -0.123. The Bertz CT molecular complexity index is 1270. The molecule has 1 amide bonds. The lowest BCUT2D eigenvalue weighted by atomic mass is 10.2. The van der Waals surface area contributed by atoms with Crippen LogP contribution in [0.5, 0.6) is 17.2 Å². The number of rotatable bonds is 12. The smallest absolute Gasteiger partial charge is 0.258 e. The van der Waals surface area contributed by atoms with Crippen molar-refractivity contribution < 1.29 is 19.0 Å². The zero-order valence-corrected chi connectivity index (χ0v) is 21.2. The largest absolute Gasteiger partial charge is 0.497 e. The molecule has 0 saturated heterocycles. The Labute approximate surface area is 216 Å². The number of aryl methyl sites for hydroxylation is 1. The molecule has 0 radical (unpaired) electrons. The molecular weight excluding hydrogens is 478 g/mol. The maximum absolute atomic E-state index is 12.5. The van der Waals surface area contributed by atoms with Gasteiger partial charge in [-0.05, 0) is 80.4 Å². The van der Waals surface area contributed by atoms with Crippen LogP contribution < -0.4 is 19.5 Å². The van der Waals surface area contributed by atoms with E-state index in [1.54, 1.807) is 31.4 Å². The Kier molecular flexibility index (Phi) is 8.68. The van der Waals surface area contributed by atoms with E-state index in [9.17, 15) is 4.79 Å². The van der Waals surface area contributed by atoms with Crippen LogP contribution in [0, 0.1) is 0 Å². The van der Waals surface area contributed by atoms with Crippen molar-refractivity contribution in [1.82, 2.24) is 14.9 Å². The molecule has 1 aromatic heterocycles. The summed E-state index contributed by atoms with van der Waals surface area (Å²) >= 11 is 5.90. The molecule has 1 atom stereocenters. The highest BCUT2D eigenvalue weighted by Gasteiger charge is 2.18. The van der Waals surface area contributed by atoms with Crippen molar-refractivity contribution in [3.63, 3.8) is 0 Å². The topological polar surface area (TPSA) is 74.6 Å². The van der Waals surface area contributed by atoms with Gasteiger partial charge in [-0.15, -0.1) is 0 Å². The molecule has 4 aromatic rings. The molecule has 0 aliphatic rings. The fourth-order valence-electron chi connectivity index (χ4n) is 3.92. The van der Waals surface area contributed by atoms with Crippen LogP contribution in [0.4, 0.5) is 0 Å².